The van der Waals surface area contributed by atoms with Crippen molar-refractivity contribution in [2.75, 3.05) is 13.6 Å². The van der Waals surface area contributed by atoms with Crippen molar-refractivity contribution in [3.8, 4) is 0 Å². The van der Waals surface area contributed by atoms with Crippen LogP contribution in [0, 0.1) is 11.8 Å². The van der Waals surface area contributed by atoms with Crippen LogP contribution in [-0.4, -0.2) is 24.5 Å². The van der Waals surface area contributed by atoms with Crippen LogP contribution in [0.15, 0.2) is 0 Å². The minimum atomic E-state index is 0.944. The molecule has 1 saturated heterocycles. The Morgan fingerprint density at radius 2 is 2.00 bits per heavy atom. The average Bonchev–Trinajstić information content (AvgIpc) is 2.40. The van der Waals surface area contributed by atoms with Crippen molar-refractivity contribution in [1.29, 1.82) is 0 Å². The zero-order valence-corrected chi connectivity index (χ0v) is 7.01. The zero-order valence-electron chi connectivity index (χ0n) is 7.01. The topological polar surface area (TPSA) is 3.24 Å². The van der Waals surface area contributed by atoms with Gasteiger partial charge in [0.1, 0.15) is 0 Å². The molecule has 10 heavy (non-hydrogen) atoms. The Morgan fingerprint density at radius 3 is 2.70 bits per heavy atom. The lowest BCUT2D eigenvalue weighted by Gasteiger charge is -2.22. The van der Waals surface area contributed by atoms with E-state index in [0.29, 0.717) is 0 Å². The molecule has 0 aromatic rings. The summed E-state index contributed by atoms with van der Waals surface area (Å²) < 4.78 is 0. The van der Waals surface area contributed by atoms with E-state index >= 15 is 0 Å². The first-order chi connectivity index (χ1) is 4.79. The van der Waals surface area contributed by atoms with Crippen molar-refractivity contribution in [3.05, 3.63) is 0 Å². The average molecular weight is 139 g/mol. The zero-order chi connectivity index (χ0) is 7.14. The SMILES string of the molecule is CC1CCC2CCN(C)C12. The van der Waals surface area contributed by atoms with Gasteiger partial charge in [0.2, 0.25) is 0 Å². The van der Waals surface area contributed by atoms with Gasteiger partial charge in [0.15, 0.2) is 0 Å². The van der Waals surface area contributed by atoms with Gasteiger partial charge in [-0.2, -0.15) is 0 Å². The third kappa shape index (κ3) is 0.800. The van der Waals surface area contributed by atoms with Gasteiger partial charge < -0.3 is 4.90 Å². The molecule has 0 spiro atoms. The monoisotopic (exact) mass is 139 g/mol. The van der Waals surface area contributed by atoms with Crippen molar-refractivity contribution in [1.82, 2.24) is 4.90 Å². The summed E-state index contributed by atoms with van der Waals surface area (Å²) in [6, 6.07) is 0.944. The molecule has 1 heterocycles. The third-order valence-electron chi connectivity index (χ3n) is 3.42. The molecule has 1 nitrogen and oxygen atoms in total. The van der Waals surface area contributed by atoms with Crippen LogP contribution in [0.1, 0.15) is 26.2 Å². The summed E-state index contributed by atoms with van der Waals surface area (Å²) in [5.41, 5.74) is 0. The van der Waals surface area contributed by atoms with Crippen LogP contribution in [0.5, 0.6) is 0 Å². The molecule has 0 amide bonds. The Morgan fingerprint density at radius 1 is 1.20 bits per heavy atom. The van der Waals surface area contributed by atoms with Gasteiger partial charge in [-0.1, -0.05) is 6.92 Å². The van der Waals surface area contributed by atoms with Gasteiger partial charge in [-0.25, -0.2) is 0 Å². The van der Waals surface area contributed by atoms with Gasteiger partial charge in [-0.3, -0.25) is 0 Å². The number of rotatable bonds is 0. The molecule has 1 heteroatoms. The molecular weight excluding hydrogens is 122 g/mol. The Hall–Kier alpha value is -0.0400. The van der Waals surface area contributed by atoms with E-state index in [1.807, 2.05) is 0 Å². The summed E-state index contributed by atoms with van der Waals surface area (Å²) in [7, 11) is 2.28. The standard InChI is InChI=1S/C9H17N/c1-7-3-4-8-5-6-10(2)9(7)8/h7-9H,3-6H2,1-2H3. The van der Waals surface area contributed by atoms with E-state index in [9.17, 15) is 0 Å². The fraction of sp³-hybridized carbons (Fsp3) is 1.00. The lowest BCUT2D eigenvalue weighted by molar-refractivity contribution is 0.245. The van der Waals surface area contributed by atoms with E-state index < -0.39 is 0 Å². The van der Waals surface area contributed by atoms with Crippen LogP contribution in [0.3, 0.4) is 0 Å². The number of fused-ring (bicyclic) bond motifs is 1. The maximum Gasteiger partial charge on any atom is 0.0147 e. The number of hydrogen-bond acceptors (Lipinski definition) is 1. The molecule has 2 fully saturated rings. The lowest BCUT2D eigenvalue weighted by atomic mass is 10.0. The minimum Gasteiger partial charge on any atom is -0.303 e. The molecule has 0 bridgehead atoms. The highest BCUT2D eigenvalue weighted by Crippen LogP contribution is 2.40. The van der Waals surface area contributed by atoms with E-state index in [4.69, 9.17) is 0 Å². The van der Waals surface area contributed by atoms with Crippen molar-refractivity contribution in [3.63, 3.8) is 0 Å². The van der Waals surface area contributed by atoms with Crippen molar-refractivity contribution >= 4 is 0 Å². The van der Waals surface area contributed by atoms with E-state index in [1.54, 1.807) is 0 Å². The number of hydrogen-bond donors (Lipinski definition) is 0. The van der Waals surface area contributed by atoms with Gasteiger partial charge in [0, 0.05) is 6.04 Å². The smallest absolute Gasteiger partial charge is 0.0147 e. The van der Waals surface area contributed by atoms with Crippen molar-refractivity contribution in [2.45, 2.75) is 32.2 Å². The predicted molar refractivity (Wildman–Crippen MR) is 42.9 cm³/mol. The van der Waals surface area contributed by atoms with Gasteiger partial charge in [0.05, 0.1) is 0 Å². The molecule has 1 aliphatic carbocycles. The van der Waals surface area contributed by atoms with Crippen LogP contribution < -0.4 is 0 Å². The summed E-state index contributed by atoms with van der Waals surface area (Å²) in [5, 5.41) is 0. The molecule has 1 aliphatic heterocycles. The van der Waals surface area contributed by atoms with Crippen LogP contribution in [0.2, 0.25) is 0 Å². The van der Waals surface area contributed by atoms with Crippen LogP contribution >= 0.6 is 0 Å². The highest BCUT2D eigenvalue weighted by atomic mass is 15.2. The highest BCUT2D eigenvalue weighted by Gasteiger charge is 2.39. The molecule has 1 saturated carbocycles. The maximum absolute atomic E-state index is 2.56. The molecule has 0 N–H and O–H groups in total. The first kappa shape index (κ1) is 6.66. The van der Waals surface area contributed by atoms with E-state index in [2.05, 4.69) is 18.9 Å². The second-order valence-corrected chi connectivity index (χ2v) is 4.07. The predicted octanol–water partition coefficient (Wildman–Crippen LogP) is 1.74. The van der Waals surface area contributed by atoms with Crippen molar-refractivity contribution < 1.29 is 0 Å². The summed E-state index contributed by atoms with van der Waals surface area (Å²) >= 11 is 0. The van der Waals surface area contributed by atoms with Gasteiger partial charge in [0.25, 0.3) is 0 Å². The molecule has 0 aromatic heterocycles. The largest absolute Gasteiger partial charge is 0.303 e. The molecule has 58 valence electrons. The van der Waals surface area contributed by atoms with Gasteiger partial charge in [-0.05, 0) is 44.7 Å². The third-order valence-corrected chi connectivity index (χ3v) is 3.42. The van der Waals surface area contributed by atoms with E-state index in [0.717, 1.165) is 17.9 Å². The van der Waals surface area contributed by atoms with Gasteiger partial charge >= 0.3 is 0 Å². The Labute approximate surface area is 63.4 Å². The summed E-state index contributed by atoms with van der Waals surface area (Å²) in [6.07, 6.45) is 4.43. The Bertz CT molecular complexity index is 119. The minimum absolute atomic E-state index is 0.944. The van der Waals surface area contributed by atoms with Gasteiger partial charge in [-0.15, -0.1) is 0 Å². The van der Waals surface area contributed by atoms with Crippen LogP contribution in [-0.2, 0) is 0 Å². The summed E-state index contributed by atoms with van der Waals surface area (Å²) in [4.78, 5) is 2.56. The van der Waals surface area contributed by atoms with Crippen LogP contribution in [0.4, 0.5) is 0 Å². The fourth-order valence-corrected chi connectivity index (χ4v) is 2.91. The first-order valence-electron chi connectivity index (χ1n) is 4.49. The Kier molecular flexibility index (Phi) is 1.48. The molecule has 2 rings (SSSR count). The first-order valence-corrected chi connectivity index (χ1v) is 4.49. The second-order valence-electron chi connectivity index (χ2n) is 4.07. The lowest BCUT2D eigenvalue weighted by Crippen LogP contribution is -2.30. The molecule has 0 aromatic carbocycles. The summed E-state index contributed by atoms with van der Waals surface area (Å²) in [6.45, 7) is 3.76. The molecule has 2 aliphatic rings. The quantitative estimate of drug-likeness (QED) is 0.494. The summed E-state index contributed by atoms with van der Waals surface area (Å²) in [5.74, 6) is 2.03. The molecule has 0 radical (unpaired) electrons. The molecule has 3 unspecified atom stereocenters. The number of likely N-dealkylation sites (tertiary alicyclic amines) is 1. The normalized spacial score (nSPS) is 48.0. The van der Waals surface area contributed by atoms with E-state index in [-0.39, 0.29) is 0 Å². The maximum atomic E-state index is 2.56. The molecule has 3 atom stereocenters. The second kappa shape index (κ2) is 2.23. The Balaban J connectivity index is 2.11. The van der Waals surface area contributed by atoms with Crippen LogP contribution in [0.25, 0.3) is 0 Å². The highest BCUT2D eigenvalue weighted by molar-refractivity contribution is 4.93. The fourth-order valence-electron chi connectivity index (χ4n) is 2.91. The van der Waals surface area contributed by atoms with Crippen molar-refractivity contribution in [2.24, 2.45) is 11.8 Å². The number of nitrogens with zero attached hydrogens (tertiary/aromatic N) is 1. The molecular formula is C9H17N. The van der Waals surface area contributed by atoms with E-state index in [1.165, 1.54) is 25.8 Å².